The summed E-state index contributed by atoms with van der Waals surface area (Å²) >= 11 is 12.4. The minimum Gasteiger partial charge on any atom is -0.395 e. The highest BCUT2D eigenvalue weighted by Crippen LogP contribution is 2.52. The second-order valence-corrected chi connectivity index (χ2v) is 9.32. The monoisotopic (exact) mass is 579 g/mol. The average molecular weight is 580 g/mol. The number of nitrogens with zero attached hydrogens (tertiary/aromatic N) is 3. The fraction of sp³-hybridized carbons (Fsp3) is 0.318. The van der Waals surface area contributed by atoms with E-state index >= 15 is 0 Å². The van der Waals surface area contributed by atoms with Gasteiger partial charge in [-0.05, 0) is 38.1 Å². The Kier molecular flexibility index (Phi) is 6.31. The zero-order chi connectivity index (χ0) is 27.6. The van der Waals surface area contributed by atoms with E-state index in [0.29, 0.717) is 0 Å². The van der Waals surface area contributed by atoms with Gasteiger partial charge >= 0.3 is 12.5 Å². The molecule has 0 radical (unpaired) electrons. The number of hydrogen-bond acceptors (Lipinski definition) is 7. The number of aromatic nitrogens is 3. The molecule has 0 spiro atoms. The third-order valence-electron chi connectivity index (χ3n) is 5.34. The van der Waals surface area contributed by atoms with E-state index in [1.807, 2.05) is 0 Å². The molecule has 2 aromatic heterocycles. The van der Waals surface area contributed by atoms with Gasteiger partial charge in [-0.15, -0.1) is 8.78 Å². The predicted molar refractivity (Wildman–Crippen MR) is 123 cm³/mol. The van der Waals surface area contributed by atoms with Gasteiger partial charge in [-0.3, -0.25) is 4.79 Å². The van der Waals surface area contributed by atoms with Gasteiger partial charge < -0.3 is 24.8 Å². The van der Waals surface area contributed by atoms with Crippen molar-refractivity contribution in [2.24, 2.45) is 0 Å². The van der Waals surface area contributed by atoms with Crippen LogP contribution in [0.25, 0.3) is 5.82 Å². The van der Waals surface area contributed by atoms with Crippen LogP contribution in [0.3, 0.4) is 0 Å². The van der Waals surface area contributed by atoms with Crippen molar-refractivity contribution in [2.75, 3.05) is 5.32 Å². The number of ether oxygens (including phenoxy) is 3. The second-order valence-electron chi connectivity index (χ2n) is 8.53. The Morgan fingerprint density at radius 1 is 1.21 bits per heavy atom. The molecule has 5 rings (SSSR count). The molecule has 3 aromatic rings. The number of carbonyl (C=O) groups is 1. The van der Waals surface area contributed by atoms with Gasteiger partial charge in [0.05, 0.1) is 22.0 Å². The normalized spacial score (nSPS) is 19.5. The lowest BCUT2D eigenvalue weighted by Crippen LogP contribution is -2.31. The first-order valence-electron chi connectivity index (χ1n) is 10.9. The summed E-state index contributed by atoms with van der Waals surface area (Å²) in [6, 6.07) is 4.37. The molecule has 1 saturated heterocycles. The van der Waals surface area contributed by atoms with E-state index in [2.05, 4.69) is 30.2 Å². The summed E-state index contributed by atoms with van der Waals surface area (Å²) < 4.78 is 83.2. The van der Waals surface area contributed by atoms with E-state index in [9.17, 15) is 26.7 Å². The molecule has 0 bridgehead atoms. The molecule has 1 amide bonds. The second kappa shape index (κ2) is 9.13. The molecule has 2 aliphatic rings. The highest BCUT2D eigenvalue weighted by atomic mass is 35.5. The van der Waals surface area contributed by atoms with Crippen LogP contribution in [-0.2, 0) is 10.9 Å². The van der Waals surface area contributed by atoms with Gasteiger partial charge in [0.2, 0.25) is 0 Å². The zero-order valence-corrected chi connectivity index (χ0v) is 20.8. The molecule has 0 aliphatic carbocycles. The lowest BCUT2D eigenvalue weighted by Gasteiger charge is -2.15. The third kappa shape index (κ3) is 4.90. The van der Waals surface area contributed by atoms with E-state index in [-0.39, 0.29) is 33.8 Å². The number of hydrogen-bond donors (Lipinski definition) is 2. The molecule has 4 heterocycles. The molecule has 9 nitrogen and oxygen atoms in total. The maximum atomic E-state index is 13.7. The largest absolute Gasteiger partial charge is 0.586 e. The Hall–Kier alpha value is -3.36. The van der Waals surface area contributed by atoms with Gasteiger partial charge in [-0.1, -0.05) is 23.2 Å². The lowest BCUT2D eigenvalue weighted by molar-refractivity contribution is -0.286. The maximum Gasteiger partial charge on any atom is 0.586 e. The summed E-state index contributed by atoms with van der Waals surface area (Å²) in [5, 5.41) is 8.61. The fourth-order valence-corrected chi connectivity index (χ4v) is 4.23. The summed E-state index contributed by atoms with van der Waals surface area (Å²) in [5.41, 5.74) is -1.62. The molecule has 38 heavy (non-hydrogen) atoms. The summed E-state index contributed by atoms with van der Waals surface area (Å²) in [6.45, 7) is 3.35. The Labute approximate surface area is 220 Å². The highest BCUT2D eigenvalue weighted by molar-refractivity contribution is 6.36. The van der Waals surface area contributed by atoms with Crippen molar-refractivity contribution in [1.29, 1.82) is 0 Å². The molecule has 2 unspecified atom stereocenters. The lowest BCUT2D eigenvalue weighted by atomic mass is 10.1. The van der Waals surface area contributed by atoms with Crippen molar-refractivity contribution in [2.45, 2.75) is 44.7 Å². The summed E-state index contributed by atoms with van der Waals surface area (Å²) in [5.74, 6) is -1.75. The van der Waals surface area contributed by atoms with E-state index in [1.165, 1.54) is 18.3 Å². The minimum absolute atomic E-state index is 0.0307. The molecule has 2 aliphatic heterocycles. The van der Waals surface area contributed by atoms with Crippen LogP contribution in [0.5, 0.6) is 11.5 Å². The quantitative estimate of drug-likeness (QED) is 0.291. The van der Waals surface area contributed by atoms with Crippen LogP contribution in [0.15, 0.2) is 30.5 Å². The smallest absolute Gasteiger partial charge is 0.395 e. The topological polar surface area (TPSA) is 103 Å². The first-order valence-corrected chi connectivity index (χ1v) is 11.6. The molecular weight excluding hydrogens is 564 g/mol. The Balaban J connectivity index is 1.51. The maximum absolute atomic E-state index is 13.7. The predicted octanol–water partition coefficient (Wildman–Crippen LogP) is 5.56. The number of nitrogens with one attached hydrogen (secondary N) is 2. The fourth-order valence-electron chi connectivity index (χ4n) is 3.74. The number of amides is 1. The zero-order valence-electron chi connectivity index (χ0n) is 19.2. The van der Waals surface area contributed by atoms with Crippen LogP contribution in [0.2, 0.25) is 10.0 Å². The number of epoxide rings is 1. The Morgan fingerprint density at radius 3 is 2.61 bits per heavy atom. The van der Waals surface area contributed by atoms with Crippen molar-refractivity contribution in [3.63, 3.8) is 0 Å². The average Bonchev–Trinajstić information content (AvgIpc) is 3.27. The molecule has 2 N–H and O–H groups in total. The molecule has 2 atom stereocenters. The highest BCUT2D eigenvalue weighted by Gasteiger charge is 2.49. The van der Waals surface area contributed by atoms with E-state index in [1.54, 1.807) is 13.8 Å². The van der Waals surface area contributed by atoms with Crippen LogP contribution < -0.4 is 20.1 Å². The Bertz CT molecular complexity index is 1430. The standard InChI is InChI=1S/C22H16Cl2F5N5O4/c1-8(2)31-19(35)9-6-12-17(38-22(28,29)37-12)14(24)15(9)32-20-16(36-20)11-7-13(21(25,26)27)33-34(11)18-10(23)4-3-5-30-18/h3-8,16,20,32H,1-2H3,(H,31,35). The van der Waals surface area contributed by atoms with Crippen molar-refractivity contribution in [3.05, 3.63) is 57.5 Å². The first kappa shape index (κ1) is 26.3. The van der Waals surface area contributed by atoms with Gasteiger partial charge in [-0.2, -0.15) is 18.3 Å². The summed E-state index contributed by atoms with van der Waals surface area (Å²) in [4.78, 5) is 16.8. The third-order valence-corrected chi connectivity index (χ3v) is 5.99. The molecule has 1 aromatic carbocycles. The Morgan fingerprint density at radius 2 is 1.95 bits per heavy atom. The number of fused-ring (bicyclic) bond motifs is 1. The number of benzene rings is 1. The van der Waals surface area contributed by atoms with Gasteiger partial charge in [0.15, 0.2) is 29.2 Å². The number of rotatable bonds is 6. The molecular formula is C22H16Cl2F5N5O4. The summed E-state index contributed by atoms with van der Waals surface area (Å²) in [6.07, 6.45) is -9.56. The minimum atomic E-state index is -4.78. The van der Waals surface area contributed by atoms with Gasteiger partial charge in [0.1, 0.15) is 11.1 Å². The molecule has 0 saturated carbocycles. The van der Waals surface area contributed by atoms with Crippen molar-refractivity contribution < 1.29 is 41.0 Å². The number of alkyl halides is 5. The van der Waals surface area contributed by atoms with Crippen LogP contribution in [0, 0.1) is 0 Å². The first-order chi connectivity index (χ1) is 17.7. The van der Waals surface area contributed by atoms with Crippen LogP contribution >= 0.6 is 23.2 Å². The van der Waals surface area contributed by atoms with E-state index in [0.717, 1.165) is 16.8 Å². The van der Waals surface area contributed by atoms with Crippen LogP contribution in [0.4, 0.5) is 27.6 Å². The van der Waals surface area contributed by atoms with Crippen molar-refractivity contribution in [1.82, 2.24) is 20.1 Å². The molecule has 1 fully saturated rings. The van der Waals surface area contributed by atoms with E-state index in [4.69, 9.17) is 27.9 Å². The van der Waals surface area contributed by atoms with Crippen LogP contribution in [-0.4, -0.2) is 39.2 Å². The number of pyridine rings is 1. The number of carbonyl (C=O) groups excluding carboxylic acids is 1. The van der Waals surface area contributed by atoms with Crippen LogP contribution in [0.1, 0.15) is 41.7 Å². The van der Waals surface area contributed by atoms with Crippen molar-refractivity contribution in [3.8, 4) is 17.3 Å². The summed E-state index contributed by atoms with van der Waals surface area (Å²) in [7, 11) is 0. The molecule has 202 valence electrons. The number of halogens is 7. The van der Waals surface area contributed by atoms with Crippen molar-refractivity contribution >= 4 is 34.8 Å². The molecule has 16 heteroatoms. The van der Waals surface area contributed by atoms with Gasteiger partial charge in [0, 0.05) is 12.2 Å². The van der Waals surface area contributed by atoms with Gasteiger partial charge in [-0.25, -0.2) is 9.67 Å². The van der Waals surface area contributed by atoms with E-state index < -0.39 is 52.9 Å². The SMILES string of the molecule is CC(C)NC(=O)c1cc2c(c(Cl)c1NC1OC1c1cc(C(F)(F)F)nn1-c1ncccc1Cl)OC(F)(F)O2. The van der Waals surface area contributed by atoms with Gasteiger partial charge in [0.25, 0.3) is 5.91 Å². The number of anilines is 1.